The summed E-state index contributed by atoms with van der Waals surface area (Å²) in [6, 6.07) is 3.57. The van der Waals surface area contributed by atoms with Gasteiger partial charge in [0.2, 0.25) is 0 Å². The molecule has 0 fully saturated rings. The molecule has 0 saturated carbocycles. The lowest BCUT2D eigenvalue weighted by molar-refractivity contribution is 1.16. The van der Waals surface area contributed by atoms with Crippen LogP contribution in [0.3, 0.4) is 0 Å². The number of halogens is 1. The van der Waals surface area contributed by atoms with Gasteiger partial charge in [-0.2, -0.15) is 0 Å². The van der Waals surface area contributed by atoms with Crippen LogP contribution in [-0.4, -0.2) is 17.7 Å². The van der Waals surface area contributed by atoms with Gasteiger partial charge in [0, 0.05) is 18.3 Å². The van der Waals surface area contributed by atoms with Gasteiger partial charge < -0.3 is 10.7 Å². The Bertz CT molecular complexity index is 286. The topological polar surface area (TPSA) is 48.8 Å². The van der Waals surface area contributed by atoms with Crippen LogP contribution in [0, 0.1) is 5.41 Å². The van der Waals surface area contributed by atoms with Crippen molar-refractivity contribution >= 4 is 23.6 Å². The molecule has 1 aromatic heterocycles. The minimum atomic E-state index is 0.364. The van der Waals surface area contributed by atoms with Crippen LogP contribution in [0.25, 0.3) is 0 Å². The zero-order chi connectivity index (χ0) is 8.97. The fourth-order valence-corrected chi connectivity index (χ4v) is 1.04. The summed E-state index contributed by atoms with van der Waals surface area (Å²) in [5.41, 5.74) is 0.637. The molecule has 2 N–H and O–H groups in total. The highest BCUT2D eigenvalue weighted by molar-refractivity contribution is 6.31. The van der Waals surface area contributed by atoms with E-state index >= 15 is 0 Å². The van der Waals surface area contributed by atoms with Crippen LogP contribution in [0.5, 0.6) is 0 Å². The van der Waals surface area contributed by atoms with Gasteiger partial charge in [0.25, 0.3) is 0 Å². The molecule has 1 rings (SSSR count). The number of aromatic nitrogens is 1. The Hall–Kier alpha value is -1.09. The Labute approximate surface area is 76.3 Å². The van der Waals surface area contributed by atoms with Crippen molar-refractivity contribution in [2.75, 3.05) is 11.9 Å². The van der Waals surface area contributed by atoms with E-state index in [2.05, 4.69) is 10.3 Å². The zero-order valence-electron chi connectivity index (χ0n) is 6.76. The van der Waals surface area contributed by atoms with E-state index in [1.54, 1.807) is 12.1 Å². The number of nitrogens with one attached hydrogen (secondary N) is 2. The molecule has 1 aromatic rings. The molecule has 0 aromatic carbocycles. The molecule has 0 atom stereocenters. The van der Waals surface area contributed by atoms with Gasteiger partial charge in [-0.25, -0.2) is 4.98 Å². The maximum absolute atomic E-state index is 6.99. The molecular formula is C8H10ClN3. The highest BCUT2D eigenvalue weighted by Crippen LogP contribution is 2.13. The van der Waals surface area contributed by atoms with Gasteiger partial charge in [-0.15, -0.1) is 0 Å². The van der Waals surface area contributed by atoms with Crippen LogP contribution >= 0.6 is 11.6 Å². The first-order valence-electron chi connectivity index (χ1n) is 3.68. The van der Waals surface area contributed by atoms with E-state index in [4.69, 9.17) is 17.0 Å². The third-order valence-corrected chi connectivity index (χ3v) is 1.69. The fourth-order valence-electron chi connectivity index (χ4n) is 0.832. The van der Waals surface area contributed by atoms with E-state index in [-0.39, 0.29) is 0 Å². The highest BCUT2D eigenvalue weighted by atomic mass is 35.5. The summed E-state index contributed by atoms with van der Waals surface area (Å²) in [5, 5.41) is 10.4. The van der Waals surface area contributed by atoms with Gasteiger partial charge in [-0.3, -0.25) is 0 Å². The quantitative estimate of drug-likeness (QED) is 0.558. The average Bonchev–Trinajstić information content (AvgIpc) is 2.05. The first-order valence-corrected chi connectivity index (χ1v) is 4.06. The van der Waals surface area contributed by atoms with Crippen molar-refractivity contribution in [1.82, 2.24) is 4.98 Å². The normalized spacial score (nSPS) is 9.50. The van der Waals surface area contributed by atoms with Crippen molar-refractivity contribution in [3.8, 4) is 0 Å². The first kappa shape index (κ1) is 9.00. The van der Waals surface area contributed by atoms with Gasteiger partial charge in [0.15, 0.2) is 0 Å². The third-order valence-electron chi connectivity index (χ3n) is 1.39. The Kier molecular flexibility index (Phi) is 3.05. The molecule has 0 saturated heterocycles. The molecule has 0 aliphatic carbocycles. The summed E-state index contributed by atoms with van der Waals surface area (Å²) in [6.45, 7) is 2.80. The van der Waals surface area contributed by atoms with Crippen LogP contribution < -0.4 is 5.32 Å². The van der Waals surface area contributed by atoms with Crippen molar-refractivity contribution < 1.29 is 0 Å². The maximum atomic E-state index is 6.99. The summed E-state index contributed by atoms with van der Waals surface area (Å²) in [6.07, 6.45) is 1.19. The molecule has 0 radical (unpaired) electrons. The number of nitrogens with zero attached hydrogens (tertiary/aromatic N) is 1. The lowest BCUT2D eigenvalue weighted by atomic mass is 10.3. The molecule has 4 heteroatoms. The summed E-state index contributed by atoms with van der Waals surface area (Å²) in [7, 11) is 0. The summed E-state index contributed by atoms with van der Waals surface area (Å²) in [4.78, 5) is 4.04. The number of hydrogen-bond donors (Lipinski definition) is 2. The van der Waals surface area contributed by atoms with Gasteiger partial charge in [0.05, 0.1) is 0 Å². The first-order chi connectivity index (χ1) is 5.77. The second kappa shape index (κ2) is 4.07. The fraction of sp³-hybridized carbons (Fsp3) is 0.250. The van der Waals surface area contributed by atoms with Gasteiger partial charge in [0.1, 0.15) is 11.0 Å². The Morgan fingerprint density at radius 2 is 2.42 bits per heavy atom. The number of rotatable bonds is 3. The second-order valence-electron chi connectivity index (χ2n) is 2.25. The van der Waals surface area contributed by atoms with E-state index in [0.29, 0.717) is 10.7 Å². The Balaban J connectivity index is 2.93. The smallest absolute Gasteiger partial charge is 0.140 e. The summed E-state index contributed by atoms with van der Waals surface area (Å²) < 4.78 is 0. The molecule has 1 heterocycles. The molecule has 3 nitrogen and oxygen atoms in total. The zero-order valence-corrected chi connectivity index (χ0v) is 7.52. The van der Waals surface area contributed by atoms with E-state index in [0.717, 1.165) is 12.4 Å². The van der Waals surface area contributed by atoms with Crippen LogP contribution in [0.4, 0.5) is 5.82 Å². The molecule has 0 bridgehead atoms. The molecule has 12 heavy (non-hydrogen) atoms. The average molecular weight is 184 g/mol. The SMILES string of the molecule is CCNc1ccc(C=N)c(Cl)n1. The number of pyridine rings is 1. The Morgan fingerprint density at radius 3 is 2.92 bits per heavy atom. The van der Waals surface area contributed by atoms with E-state index in [1.165, 1.54) is 6.21 Å². The van der Waals surface area contributed by atoms with Crippen molar-refractivity contribution in [1.29, 1.82) is 5.41 Å². The van der Waals surface area contributed by atoms with Crippen LogP contribution in [-0.2, 0) is 0 Å². The molecule has 0 amide bonds. The van der Waals surface area contributed by atoms with Crippen LogP contribution in [0.2, 0.25) is 5.15 Å². The Morgan fingerprint density at radius 1 is 1.67 bits per heavy atom. The van der Waals surface area contributed by atoms with Crippen molar-refractivity contribution in [3.63, 3.8) is 0 Å². The molecule has 0 aliphatic heterocycles. The molecule has 0 spiro atoms. The van der Waals surface area contributed by atoms with Gasteiger partial charge in [-0.05, 0) is 19.1 Å². The van der Waals surface area contributed by atoms with E-state index < -0.39 is 0 Å². The summed E-state index contributed by atoms with van der Waals surface area (Å²) >= 11 is 5.76. The molecular weight excluding hydrogens is 174 g/mol. The predicted octanol–water partition coefficient (Wildman–Crippen LogP) is 2.16. The van der Waals surface area contributed by atoms with E-state index in [1.807, 2.05) is 6.92 Å². The lowest BCUT2D eigenvalue weighted by Gasteiger charge is -2.02. The van der Waals surface area contributed by atoms with Crippen molar-refractivity contribution in [2.45, 2.75) is 6.92 Å². The van der Waals surface area contributed by atoms with Crippen LogP contribution in [0.15, 0.2) is 12.1 Å². The largest absolute Gasteiger partial charge is 0.370 e. The molecule has 0 unspecified atom stereocenters. The second-order valence-corrected chi connectivity index (χ2v) is 2.61. The van der Waals surface area contributed by atoms with Crippen LogP contribution in [0.1, 0.15) is 12.5 Å². The lowest BCUT2D eigenvalue weighted by Crippen LogP contribution is -1.99. The van der Waals surface area contributed by atoms with Crippen molar-refractivity contribution in [3.05, 3.63) is 22.8 Å². The van der Waals surface area contributed by atoms with Crippen molar-refractivity contribution in [2.24, 2.45) is 0 Å². The monoisotopic (exact) mass is 183 g/mol. The highest BCUT2D eigenvalue weighted by Gasteiger charge is 1.99. The minimum Gasteiger partial charge on any atom is -0.370 e. The van der Waals surface area contributed by atoms with Gasteiger partial charge in [-0.1, -0.05) is 11.6 Å². The number of anilines is 1. The molecule has 64 valence electrons. The number of hydrogen-bond acceptors (Lipinski definition) is 3. The predicted molar refractivity (Wildman–Crippen MR) is 51.3 cm³/mol. The minimum absolute atomic E-state index is 0.364. The summed E-state index contributed by atoms with van der Waals surface area (Å²) in [5.74, 6) is 0.744. The standard InChI is InChI=1S/C8H10ClN3/c1-2-11-7-4-3-6(5-10)8(9)12-7/h3-5,10H,2H2,1H3,(H,11,12). The van der Waals surface area contributed by atoms with E-state index in [9.17, 15) is 0 Å². The van der Waals surface area contributed by atoms with Gasteiger partial charge >= 0.3 is 0 Å². The third kappa shape index (κ3) is 1.95. The maximum Gasteiger partial charge on any atom is 0.140 e. The molecule has 0 aliphatic rings.